The van der Waals surface area contributed by atoms with Crippen LogP contribution in [0.1, 0.15) is 6.42 Å². The van der Waals surface area contributed by atoms with Crippen molar-refractivity contribution in [2.75, 3.05) is 19.5 Å². The summed E-state index contributed by atoms with van der Waals surface area (Å²) in [7, 11) is 1.29. The smallest absolute Gasteiger partial charge is 0.316 e. The molecule has 0 amide bonds. The van der Waals surface area contributed by atoms with Gasteiger partial charge in [-0.3, -0.25) is 4.79 Å². The number of ether oxygens (including phenoxy) is 2. The van der Waals surface area contributed by atoms with Crippen LogP contribution in [0, 0.1) is 0 Å². The van der Waals surface area contributed by atoms with Crippen molar-refractivity contribution >= 4 is 17.7 Å². The number of hydrogen-bond donors (Lipinski definition) is 5. The highest BCUT2D eigenvalue weighted by Crippen LogP contribution is 2.26. The van der Waals surface area contributed by atoms with Gasteiger partial charge in [0.25, 0.3) is 0 Å². The molecule has 1 saturated heterocycles. The molecule has 9 heteroatoms. The van der Waals surface area contributed by atoms with E-state index < -0.39 is 41.9 Å². The lowest BCUT2D eigenvalue weighted by molar-refractivity contribution is -0.284. The standard InChI is InChI=1S/C11H20O8S/c1-18-11-9(15)8(14)7(13)5(19-11)4-20-6(2-3-12)10(16)17/h5-9,11-15H,2-4H2,1H3,(H,16,17). The van der Waals surface area contributed by atoms with Gasteiger partial charge in [-0.2, -0.15) is 0 Å². The van der Waals surface area contributed by atoms with Crippen molar-refractivity contribution < 1.29 is 39.8 Å². The Balaban J connectivity index is 2.59. The molecule has 0 aliphatic carbocycles. The molecule has 0 aromatic rings. The molecule has 20 heavy (non-hydrogen) atoms. The summed E-state index contributed by atoms with van der Waals surface area (Å²) in [6.07, 6.45) is -6.03. The van der Waals surface area contributed by atoms with Crippen molar-refractivity contribution in [1.82, 2.24) is 0 Å². The molecule has 118 valence electrons. The van der Waals surface area contributed by atoms with E-state index in [1.165, 1.54) is 7.11 Å². The zero-order valence-electron chi connectivity index (χ0n) is 11.0. The Morgan fingerprint density at radius 3 is 2.45 bits per heavy atom. The van der Waals surface area contributed by atoms with E-state index >= 15 is 0 Å². The van der Waals surface area contributed by atoms with Crippen LogP contribution in [-0.4, -0.2) is 86.9 Å². The first kappa shape index (κ1) is 17.6. The summed E-state index contributed by atoms with van der Waals surface area (Å²) in [4.78, 5) is 10.9. The maximum Gasteiger partial charge on any atom is 0.316 e. The summed E-state index contributed by atoms with van der Waals surface area (Å²) in [5.74, 6) is -0.986. The number of thioether (sulfide) groups is 1. The van der Waals surface area contributed by atoms with E-state index in [1.54, 1.807) is 0 Å². The highest BCUT2D eigenvalue weighted by molar-refractivity contribution is 8.00. The van der Waals surface area contributed by atoms with Gasteiger partial charge < -0.3 is 35.0 Å². The number of carbonyl (C=O) groups is 1. The third kappa shape index (κ3) is 4.29. The molecule has 0 aromatic heterocycles. The molecule has 6 atom stereocenters. The summed E-state index contributed by atoms with van der Waals surface area (Å²) < 4.78 is 10.1. The molecule has 1 aliphatic heterocycles. The van der Waals surface area contributed by atoms with Crippen molar-refractivity contribution in [3.8, 4) is 0 Å². The molecule has 1 heterocycles. The van der Waals surface area contributed by atoms with Gasteiger partial charge in [-0.05, 0) is 6.42 Å². The SMILES string of the molecule is COC1OC(CSC(CCO)C(=O)O)C(O)C(O)C1O. The van der Waals surface area contributed by atoms with Crippen LogP contribution in [-0.2, 0) is 14.3 Å². The van der Waals surface area contributed by atoms with Crippen LogP contribution in [0.2, 0.25) is 0 Å². The molecule has 1 fully saturated rings. The van der Waals surface area contributed by atoms with Crippen LogP contribution in [0.4, 0.5) is 0 Å². The van der Waals surface area contributed by atoms with Gasteiger partial charge in [0.1, 0.15) is 23.6 Å². The van der Waals surface area contributed by atoms with Crippen LogP contribution in [0.25, 0.3) is 0 Å². The van der Waals surface area contributed by atoms with Gasteiger partial charge in [0.15, 0.2) is 6.29 Å². The first-order chi connectivity index (χ1) is 9.42. The molecule has 0 radical (unpaired) electrons. The molecular weight excluding hydrogens is 292 g/mol. The predicted molar refractivity (Wildman–Crippen MR) is 69.3 cm³/mol. The van der Waals surface area contributed by atoms with Gasteiger partial charge in [0.05, 0.1) is 6.10 Å². The lowest BCUT2D eigenvalue weighted by atomic mass is 10.00. The zero-order valence-corrected chi connectivity index (χ0v) is 11.8. The van der Waals surface area contributed by atoms with E-state index in [9.17, 15) is 20.1 Å². The van der Waals surface area contributed by atoms with E-state index in [0.29, 0.717) is 0 Å². The predicted octanol–water partition coefficient (Wildman–Crippen LogP) is -1.99. The van der Waals surface area contributed by atoms with Crippen molar-refractivity contribution in [3.05, 3.63) is 0 Å². The van der Waals surface area contributed by atoms with Crippen LogP contribution in [0.3, 0.4) is 0 Å². The molecule has 0 spiro atoms. The molecule has 0 saturated carbocycles. The third-order valence-electron chi connectivity index (χ3n) is 3.03. The average molecular weight is 312 g/mol. The van der Waals surface area contributed by atoms with Gasteiger partial charge >= 0.3 is 5.97 Å². The monoisotopic (exact) mass is 312 g/mol. The van der Waals surface area contributed by atoms with Crippen LogP contribution in [0.5, 0.6) is 0 Å². The second-order valence-electron chi connectivity index (χ2n) is 4.42. The summed E-state index contributed by atoms with van der Waals surface area (Å²) in [6, 6.07) is 0. The van der Waals surface area contributed by atoms with E-state index in [1.807, 2.05) is 0 Å². The number of aliphatic hydroxyl groups is 4. The number of methoxy groups -OCH3 is 1. The molecule has 1 aliphatic rings. The van der Waals surface area contributed by atoms with Crippen LogP contribution < -0.4 is 0 Å². The van der Waals surface area contributed by atoms with E-state index in [-0.39, 0.29) is 18.8 Å². The molecule has 1 rings (SSSR count). The van der Waals surface area contributed by atoms with Gasteiger partial charge in [0.2, 0.25) is 0 Å². The summed E-state index contributed by atoms with van der Waals surface area (Å²) in [6.45, 7) is -0.264. The fourth-order valence-corrected chi connectivity index (χ4v) is 2.97. The van der Waals surface area contributed by atoms with E-state index in [0.717, 1.165) is 11.8 Å². The minimum absolute atomic E-state index is 0.0711. The molecule has 0 aromatic carbocycles. The Labute approximate surface area is 120 Å². The summed E-state index contributed by atoms with van der Waals surface area (Å²) in [5, 5.41) is 45.9. The molecule has 5 N–H and O–H groups in total. The Morgan fingerprint density at radius 1 is 1.30 bits per heavy atom. The van der Waals surface area contributed by atoms with Gasteiger partial charge in [-0.1, -0.05) is 0 Å². The number of carboxylic acids is 1. The molecule has 6 unspecified atom stereocenters. The average Bonchev–Trinajstić information content (AvgIpc) is 2.42. The van der Waals surface area contributed by atoms with Crippen molar-refractivity contribution in [2.24, 2.45) is 0 Å². The highest BCUT2D eigenvalue weighted by Gasteiger charge is 2.44. The van der Waals surface area contributed by atoms with Gasteiger partial charge in [-0.15, -0.1) is 11.8 Å². The Hall–Kier alpha value is -0.420. The first-order valence-corrected chi connectivity index (χ1v) is 7.15. The molecule has 0 bridgehead atoms. The molecule has 8 nitrogen and oxygen atoms in total. The van der Waals surface area contributed by atoms with Crippen molar-refractivity contribution in [3.63, 3.8) is 0 Å². The largest absolute Gasteiger partial charge is 0.480 e. The van der Waals surface area contributed by atoms with Crippen LogP contribution in [0.15, 0.2) is 0 Å². The third-order valence-corrected chi connectivity index (χ3v) is 4.39. The van der Waals surface area contributed by atoms with E-state index in [4.69, 9.17) is 19.7 Å². The van der Waals surface area contributed by atoms with Crippen LogP contribution >= 0.6 is 11.8 Å². The molecular formula is C11H20O8S. The minimum Gasteiger partial charge on any atom is -0.480 e. The first-order valence-electron chi connectivity index (χ1n) is 6.10. The fourth-order valence-electron chi connectivity index (χ4n) is 1.86. The number of rotatable bonds is 7. The lowest BCUT2D eigenvalue weighted by Crippen LogP contribution is -2.58. The zero-order chi connectivity index (χ0) is 15.3. The van der Waals surface area contributed by atoms with Crippen molar-refractivity contribution in [1.29, 1.82) is 0 Å². The second kappa shape index (κ2) is 8.13. The Bertz CT molecular complexity index is 313. The second-order valence-corrected chi connectivity index (χ2v) is 5.66. The maximum atomic E-state index is 10.9. The van der Waals surface area contributed by atoms with Gasteiger partial charge in [-0.25, -0.2) is 0 Å². The Morgan fingerprint density at radius 2 is 1.95 bits per heavy atom. The normalized spacial score (nSPS) is 35.8. The van der Waals surface area contributed by atoms with Gasteiger partial charge in [0, 0.05) is 19.5 Å². The summed E-state index contributed by atoms with van der Waals surface area (Å²) >= 11 is 0.987. The highest BCUT2D eigenvalue weighted by atomic mass is 32.2. The Kier molecular flexibility index (Phi) is 7.17. The maximum absolute atomic E-state index is 10.9. The number of carboxylic acid groups (broad SMARTS) is 1. The minimum atomic E-state index is -1.43. The quantitative estimate of drug-likeness (QED) is 0.362. The number of hydrogen-bond acceptors (Lipinski definition) is 8. The number of aliphatic hydroxyl groups excluding tert-OH is 4. The van der Waals surface area contributed by atoms with E-state index in [2.05, 4.69) is 0 Å². The summed E-state index contributed by atoms with van der Waals surface area (Å²) in [5.41, 5.74) is 0. The number of aliphatic carboxylic acids is 1. The van der Waals surface area contributed by atoms with Crippen molar-refractivity contribution in [2.45, 2.75) is 42.4 Å². The topological polar surface area (TPSA) is 137 Å². The fraction of sp³-hybridized carbons (Fsp3) is 0.909. The lowest BCUT2D eigenvalue weighted by Gasteiger charge is -2.39.